The van der Waals surface area contributed by atoms with Crippen molar-refractivity contribution in [3.05, 3.63) is 23.5 Å². The molecule has 0 saturated carbocycles. The van der Waals surface area contributed by atoms with Gasteiger partial charge in [0.2, 0.25) is 0 Å². The van der Waals surface area contributed by atoms with E-state index in [2.05, 4.69) is 4.98 Å². The van der Waals surface area contributed by atoms with E-state index in [0.717, 1.165) is 37.2 Å². The molecule has 0 spiro atoms. The fourth-order valence-corrected chi connectivity index (χ4v) is 1.76. The van der Waals surface area contributed by atoms with Crippen molar-refractivity contribution in [1.29, 1.82) is 0 Å². The second kappa shape index (κ2) is 3.24. The zero-order valence-corrected chi connectivity index (χ0v) is 7.84. The lowest BCUT2D eigenvalue weighted by molar-refractivity contribution is 0.0787. The van der Waals surface area contributed by atoms with Crippen LogP contribution < -0.4 is 0 Å². The van der Waals surface area contributed by atoms with Crippen LogP contribution >= 0.6 is 0 Å². The van der Waals surface area contributed by atoms with Gasteiger partial charge in [-0.25, -0.2) is 0 Å². The van der Waals surface area contributed by atoms with Gasteiger partial charge in [-0.05, 0) is 31.4 Å². The summed E-state index contributed by atoms with van der Waals surface area (Å²) in [5.41, 5.74) is 1.79. The van der Waals surface area contributed by atoms with E-state index in [-0.39, 0.29) is 5.91 Å². The van der Waals surface area contributed by atoms with Crippen LogP contribution in [0.1, 0.15) is 28.9 Å². The van der Waals surface area contributed by atoms with Crippen LogP contribution in [-0.2, 0) is 0 Å². The predicted octanol–water partition coefficient (Wildman–Crippen LogP) is 1.56. The number of H-pyrrole nitrogens is 1. The SMILES string of the molecule is Cc1cc[nH]c1C(=O)N1CCCC1. The number of hydrogen-bond acceptors (Lipinski definition) is 1. The van der Waals surface area contributed by atoms with Crippen molar-refractivity contribution in [2.45, 2.75) is 19.8 Å². The summed E-state index contributed by atoms with van der Waals surface area (Å²) in [5, 5.41) is 0. The molecule has 1 aromatic rings. The smallest absolute Gasteiger partial charge is 0.270 e. The molecular weight excluding hydrogens is 164 g/mol. The molecule has 0 bridgehead atoms. The first-order chi connectivity index (χ1) is 6.29. The minimum absolute atomic E-state index is 0.153. The van der Waals surface area contributed by atoms with Gasteiger partial charge in [0.15, 0.2) is 0 Å². The van der Waals surface area contributed by atoms with E-state index in [4.69, 9.17) is 0 Å². The van der Waals surface area contributed by atoms with Crippen LogP contribution in [0.5, 0.6) is 0 Å². The number of nitrogens with zero attached hydrogens (tertiary/aromatic N) is 1. The van der Waals surface area contributed by atoms with Crippen LogP contribution in [-0.4, -0.2) is 28.9 Å². The van der Waals surface area contributed by atoms with Crippen molar-refractivity contribution in [2.75, 3.05) is 13.1 Å². The molecule has 1 N–H and O–H groups in total. The molecule has 1 aliphatic rings. The Hall–Kier alpha value is -1.25. The summed E-state index contributed by atoms with van der Waals surface area (Å²) in [7, 11) is 0. The molecule has 70 valence electrons. The van der Waals surface area contributed by atoms with E-state index in [0.29, 0.717) is 0 Å². The van der Waals surface area contributed by atoms with Gasteiger partial charge in [-0.1, -0.05) is 0 Å². The molecule has 0 atom stereocenters. The first-order valence-corrected chi connectivity index (χ1v) is 4.72. The van der Waals surface area contributed by atoms with E-state index in [9.17, 15) is 4.79 Å². The zero-order chi connectivity index (χ0) is 9.26. The minimum Gasteiger partial charge on any atom is -0.357 e. The fraction of sp³-hybridized carbons (Fsp3) is 0.500. The number of aryl methyl sites for hydroxylation is 1. The molecule has 2 rings (SSSR count). The van der Waals surface area contributed by atoms with Crippen molar-refractivity contribution in [3.63, 3.8) is 0 Å². The third-order valence-corrected chi connectivity index (χ3v) is 2.56. The Labute approximate surface area is 77.7 Å². The second-order valence-corrected chi connectivity index (χ2v) is 3.53. The molecular formula is C10H14N2O. The molecule has 1 aromatic heterocycles. The summed E-state index contributed by atoms with van der Waals surface area (Å²) in [6.07, 6.45) is 4.11. The lowest BCUT2D eigenvalue weighted by Crippen LogP contribution is -2.28. The highest BCUT2D eigenvalue weighted by atomic mass is 16.2. The molecule has 0 radical (unpaired) electrons. The lowest BCUT2D eigenvalue weighted by Gasteiger charge is -2.14. The quantitative estimate of drug-likeness (QED) is 0.696. The van der Waals surface area contributed by atoms with Gasteiger partial charge >= 0.3 is 0 Å². The third-order valence-electron chi connectivity index (χ3n) is 2.56. The van der Waals surface area contributed by atoms with E-state index < -0.39 is 0 Å². The second-order valence-electron chi connectivity index (χ2n) is 3.53. The number of nitrogens with one attached hydrogen (secondary N) is 1. The van der Waals surface area contributed by atoms with Crippen LogP contribution in [0.4, 0.5) is 0 Å². The Bertz CT molecular complexity index is 310. The number of rotatable bonds is 1. The van der Waals surface area contributed by atoms with Crippen molar-refractivity contribution in [1.82, 2.24) is 9.88 Å². The van der Waals surface area contributed by atoms with Gasteiger partial charge in [0.1, 0.15) is 5.69 Å². The van der Waals surface area contributed by atoms with Gasteiger partial charge in [0, 0.05) is 19.3 Å². The van der Waals surface area contributed by atoms with Gasteiger partial charge in [0.25, 0.3) is 5.91 Å². The number of carbonyl (C=O) groups excluding carboxylic acids is 1. The number of hydrogen-bond donors (Lipinski definition) is 1. The standard InChI is InChI=1S/C10H14N2O/c1-8-4-5-11-9(8)10(13)12-6-2-3-7-12/h4-5,11H,2-3,6-7H2,1H3. The maximum absolute atomic E-state index is 11.8. The summed E-state index contributed by atoms with van der Waals surface area (Å²) in [6.45, 7) is 3.79. The topological polar surface area (TPSA) is 36.1 Å². The number of aromatic nitrogens is 1. The maximum Gasteiger partial charge on any atom is 0.270 e. The lowest BCUT2D eigenvalue weighted by atomic mass is 10.2. The van der Waals surface area contributed by atoms with E-state index in [1.165, 1.54) is 0 Å². The molecule has 0 aliphatic carbocycles. The number of carbonyl (C=O) groups is 1. The van der Waals surface area contributed by atoms with E-state index >= 15 is 0 Å². The Morgan fingerprint density at radius 2 is 2.15 bits per heavy atom. The molecule has 1 saturated heterocycles. The highest BCUT2D eigenvalue weighted by Gasteiger charge is 2.21. The average molecular weight is 178 g/mol. The van der Waals surface area contributed by atoms with Gasteiger partial charge in [-0.2, -0.15) is 0 Å². The maximum atomic E-state index is 11.8. The van der Waals surface area contributed by atoms with Gasteiger partial charge in [0.05, 0.1) is 0 Å². The highest BCUT2D eigenvalue weighted by molar-refractivity contribution is 5.93. The zero-order valence-electron chi connectivity index (χ0n) is 7.84. The predicted molar refractivity (Wildman–Crippen MR) is 50.7 cm³/mol. The Morgan fingerprint density at radius 1 is 1.46 bits per heavy atom. The van der Waals surface area contributed by atoms with Crippen molar-refractivity contribution < 1.29 is 4.79 Å². The summed E-state index contributed by atoms with van der Waals surface area (Å²) in [6, 6.07) is 1.93. The summed E-state index contributed by atoms with van der Waals surface area (Å²) >= 11 is 0. The molecule has 2 heterocycles. The first-order valence-electron chi connectivity index (χ1n) is 4.72. The largest absolute Gasteiger partial charge is 0.357 e. The number of aromatic amines is 1. The van der Waals surface area contributed by atoms with Crippen molar-refractivity contribution >= 4 is 5.91 Å². The minimum atomic E-state index is 0.153. The van der Waals surface area contributed by atoms with Crippen LogP contribution in [0.2, 0.25) is 0 Å². The van der Waals surface area contributed by atoms with Gasteiger partial charge in [-0.15, -0.1) is 0 Å². The molecule has 1 fully saturated rings. The Balaban J connectivity index is 2.17. The van der Waals surface area contributed by atoms with E-state index in [1.54, 1.807) is 0 Å². The van der Waals surface area contributed by atoms with Crippen molar-refractivity contribution in [2.24, 2.45) is 0 Å². The third kappa shape index (κ3) is 1.46. The first kappa shape index (κ1) is 8.35. The highest BCUT2D eigenvalue weighted by Crippen LogP contribution is 2.13. The monoisotopic (exact) mass is 178 g/mol. The molecule has 13 heavy (non-hydrogen) atoms. The van der Waals surface area contributed by atoms with Crippen LogP contribution in [0.3, 0.4) is 0 Å². The van der Waals surface area contributed by atoms with Gasteiger partial charge < -0.3 is 9.88 Å². The number of amides is 1. The summed E-state index contributed by atoms with van der Waals surface area (Å²) in [4.78, 5) is 16.7. The summed E-state index contributed by atoms with van der Waals surface area (Å²) in [5.74, 6) is 0.153. The van der Waals surface area contributed by atoms with Gasteiger partial charge in [-0.3, -0.25) is 4.79 Å². The normalized spacial score (nSPS) is 16.5. The molecule has 0 aromatic carbocycles. The van der Waals surface area contributed by atoms with E-state index in [1.807, 2.05) is 24.1 Å². The molecule has 1 aliphatic heterocycles. The average Bonchev–Trinajstić information content (AvgIpc) is 2.72. The molecule has 3 heteroatoms. The van der Waals surface area contributed by atoms with Crippen LogP contribution in [0.25, 0.3) is 0 Å². The Morgan fingerprint density at radius 3 is 2.69 bits per heavy atom. The van der Waals surface area contributed by atoms with Crippen LogP contribution in [0, 0.1) is 6.92 Å². The molecule has 3 nitrogen and oxygen atoms in total. The Kier molecular flexibility index (Phi) is 2.08. The molecule has 0 unspecified atom stereocenters. The van der Waals surface area contributed by atoms with Crippen LogP contribution in [0.15, 0.2) is 12.3 Å². The summed E-state index contributed by atoms with van der Waals surface area (Å²) < 4.78 is 0. The molecule has 1 amide bonds. The fourth-order valence-electron chi connectivity index (χ4n) is 1.76. The van der Waals surface area contributed by atoms with Crippen molar-refractivity contribution in [3.8, 4) is 0 Å². The number of likely N-dealkylation sites (tertiary alicyclic amines) is 1.